The van der Waals surface area contributed by atoms with Crippen LogP contribution in [-0.4, -0.2) is 92.0 Å². The van der Waals surface area contributed by atoms with Gasteiger partial charge in [-0.2, -0.15) is 0 Å². The molecule has 4 atom stereocenters. The number of ether oxygens (including phenoxy) is 1. The zero-order valence-corrected chi connectivity index (χ0v) is 43.1. The average molecular weight is 1050 g/mol. The number of carbonyl (C=O) groups excluding carboxylic acids is 9. The van der Waals surface area contributed by atoms with Crippen LogP contribution >= 0.6 is 0 Å². The number of esters is 1. The van der Waals surface area contributed by atoms with Crippen LogP contribution in [0.3, 0.4) is 0 Å². The van der Waals surface area contributed by atoms with E-state index in [9.17, 15) is 57.4 Å². The summed E-state index contributed by atoms with van der Waals surface area (Å²) < 4.78 is 21.7. The van der Waals surface area contributed by atoms with E-state index in [0.29, 0.717) is 85.8 Å². The second-order valence-electron chi connectivity index (χ2n) is 20.6. The third kappa shape index (κ3) is 12.4. The predicted molar refractivity (Wildman–Crippen MR) is 274 cm³/mol. The minimum atomic E-state index is -2.02. The first-order chi connectivity index (χ1) is 36.4. The number of unbranched alkanes of at least 4 members (excludes halogenated alkanes) is 4. The van der Waals surface area contributed by atoms with Crippen molar-refractivity contribution in [3.63, 3.8) is 0 Å². The van der Waals surface area contributed by atoms with Crippen LogP contribution in [0.1, 0.15) is 150 Å². The molecular weight excluding hydrogens is 980 g/mol. The third-order valence-corrected chi connectivity index (χ3v) is 15.2. The molecule has 5 heterocycles. The Morgan fingerprint density at radius 1 is 0.842 bits per heavy atom. The van der Waals surface area contributed by atoms with E-state index in [-0.39, 0.29) is 136 Å². The summed E-state index contributed by atoms with van der Waals surface area (Å²) in [6, 6.07) is 13.0. The predicted octanol–water partition coefficient (Wildman–Crippen LogP) is 5.20. The Morgan fingerprint density at radius 3 is 2.30 bits per heavy atom. The number of aromatic nitrogens is 2. The standard InChI is InChI=1S/C57H65FN6O12/c1-3-57(75)43-28-46-52-41(31-64(46)55(73)42(43)32-76-56(57)74)51-44(20-18-35-25-37(58)27-45(62-52)50(35)51)61-48(69)17-11-5-9-16-39(66)29-60-53(71)36(24-34-13-7-4-8-14-34)26-40(67)30-59-47(68)21-19-38(65)15-10-6-12-22-63-49(70)23-33(2)54(63)72/h4,7-8,13-14,25,27-28,33,36,44,75H,3,5-6,9-12,15-24,26,29-32H2,1-2H3,(H,59,68)(H,60,71)(H,61,69)/t33?,36-,44+,57+/m1/s1. The van der Waals surface area contributed by atoms with Gasteiger partial charge in [0, 0.05) is 85.9 Å². The summed E-state index contributed by atoms with van der Waals surface area (Å²) >= 11 is 0. The minimum Gasteiger partial charge on any atom is -0.458 e. The summed E-state index contributed by atoms with van der Waals surface area (Å²) in [5.41, 5.74) is 2.02. The van der Waals surface area contributed by atoms with Gasteiger partial charge in [-0.15, -0.1) is 0 Å². The van der Waals surface area contributed by atoms with Gasteiger partial charge in [-0.3, -0.25) is 48.1 Å². The highest BCUT2D eigenvalue weighted by molar-refractivity contribution is 6.03. The number of aryl methyl sites for hydroxylation is 1. The smallest absolute Gasteiger partial charge is 0.343 e. The summed E-state index contributed by atoms with van der Waals surface area (Å²) in [6.07, 6.45) is 4.95. The van der Waals surface area contributed by atoms with E-state index in [4.69, 9.17) is 9.72 Å². The van der Waals surface area contributed by atoms with Gasteiger partial charge in [-0.05, 0) is 80.2 Å². The lowest BCUT2D eigenvalue weighted by Gasteiger charge is -2.31. The van der Waals surface area contributed by atoms with Crippen LogP contribution in [-0.2, 0) is 79.5 Å². The zero-order chi connectivity index (χ0) is 54.3. The van der Waals surface area contributed by atoms with Crippen molar-refractivity contribution in [3.05, 3.63) is 98.1 Å². The number of nitrogens with one attached hydrogen (secondary N) is 3. The normalized spacial score (nSPS) is 18.6. The molecule has 2 aromatic heterocycles. The summed E-state index contributed by atoms with van der Waals surface area (Å²) in [4.78, 5) is 135. The monoisotopic (exact) mass is 1040 g/mol. The molecular formula is C57H65FN6O12. The van der Waals surface area contributed by atoms with Crippen molar-refractivity contribution in [1.82, 2.24) is 30.4 Å². The van der Waals surface area contributed by atoms with E-state index in [1.807, 2.05) is 30.3 Å². The first-order valence-corrected chi connectivity index (χ1v) is 26.5. The lowest BCUT2D eigenvalue weighted by Crippen LogP contribution is -2.44. The molecule has 5 amide bonds. The molecule has 0 radical (unpaired) electrons. The van der Waals surface area contributed by atoms with Crippen molar-refractivity contribution in [2.45, 2.75) is 148 Å². The van der Waals surface area contributed by atoms with E-state index in [1.54, 1.807) is 19.9 Å². The van der Waals surface area contributed by atoms with Gasteiger partial charge in [0.25, 0.3) is 5.56 Å². The number of hydrogen-bond donors (Lipinski definition) is 4. The summed E-state index contributed by atoms with van der Waals surface area (Å²) in [6.45, 7) is 2.94. The fourth-order valence-corrected chi connectivity index (χ4v) is 11.0. The van der Waals surface area contributed by atoms with Crippen LogP contribution in [0.4, 0.5) is 4.39 Å². The van der Waals surface area contributed by atoms with Crippen molar-refractivity contribution in [2.24, 2.45) is 11.8 Å². The topological polar surface area (TPSA) is 257 Å². The number of Topliss-reactive ketones (excluding diaryl/α,β-unsaturated/α-hetero) is 3. The fourth-order valence-electron chi connectivity index (χ4n) is 11.0. The van der Waals surface area contributed by atoms with Crippen molar-refractivity contribution in [3.8, 4) is 11.4 Å². The van der Waals surface area contributed by atoms with Gasteiger partial charge in [0.15, 0.2) is 17.2 Å². The molecule has 4 aromatic rings. The van der Waals surface area contributed by atoms with Crippen LogP contribution in [0.15, 0.2) is 53.3 Å². The molecule has 4 aliphatic rings. The Kier molecular flexibility index (Phi) is 17.5. The van der Waals surface area contributed by atoms with Gasteiger partial charge in [0.1, 0.15) is 18.2 Å². The Balaban J connectivity index is 0.773. The number of ketones is 3. The van der Waals surface area contributed by atoms with Gasteiger partial charge in [-0.25, -0.2) is 14.2 Å². The molecule has 8 rings (SSSR count). The summed E-state index contributed by atoms with van der Waals surface area (Å²) in [5, 5.41) is 20.5. The molecule has 1 unspecified atom stereocenters. The maximum Gasteiger partial charge on any atom is 0.343 e. The van der Waals surface area contributed by atoms with Crippen molar-refractivity contribution in [1.29, 1.82) is 0 Å². The second-order valence-corrected chi connectivity index (χ2v) is 20.6. The van der Waals surface area contributed by atoms with Crippen LogP contribution in [0.25, 0.3) is 22.3 Å². The number of likely N-dealkylation sites (tertiary alicyclic amines) is 1. The number of rotatable bonds is 26. The van der Waals surface area contributed by atoms with Crippen LogP contribution in [0.5, 0.6) is 0 Å². The molecule has 4 N–H and O–H groups in total. The van der Waals surface area contributed by atoms with Gasteiger partial charge in [-0.1, -0.05) is 57.0 Å². The Labute approximate surface area is 438 Å². The second kappa shape index (κ2) is 24.2. The van der Waals surface area contributed by atoms with Crippen molar-refractivity contribution >= 4 is 63.8 Å². The number of pyridine rings is 2. The number of hydrogen-bond acceptors (Lipinski definition) is 13. The van der Waals surface area contributed by atoms with Crippen LogP contribution in [0, 0.1) is 17.7 Å². The van der Waals surface area contributed by atoms with Crippen LogP contribution < -0.4 is 21.5 Å². The molecule has 402 valence electrons. The maximum atomic E-state index is 15.0. The Hall–Kier alpha value is -7.28. The summed E-state index contributed by atoms with van der Waals surface area (Å²) in [5.74, 6) is -4.65. The number of halogens is 1. The zero-order valence-electron chi connectivity index (χ0n) is 43.1. The van der Waals surface area contributed by atoms with E-state index in [2.05, 4.69) is 16.0 Å². The van der Waals surface area contributed by atoms with Crippen LogP contribution in [0.2, 0.25) is 0 Å². The van der Waals surface area contributed by atoms with E-state index < -0.39 is 46.7 Å². The van der Waals surface area contributed by atoms with Gasteiger partial charge < -0.3 is 30.4 Å². The fraction of sp³-hybridized carbons (Fsp3) is 0.491. The van der Waals surface area contributed by atoms with E-state index in [1.165, 1.54) is 21.6 Å². The third-order valence-electron chi connectivity index (χ3n) is 15.2. The molecule has 19 heteroatoms. The first kappa shape index (κ1) is 55.0. The number of nitrogens with zero attached hydrogens (tertiary/aromatic N) is 3. The lowest BCUT2D eigenvalue weighted by molar-refractivity contribution is -0.172. The number of amides is 5. The summed E-state index contributed by atoms with van der Waals surface area (Å²) in [7, 11) is 0. The molecule has 2 aromatic carbocycles. The first-order valence-electron chi connectivity index (χ1n) is 26.5. The number of imide groups is 1. The number of fused-ring (bicyclic) bond motifs is 5. The van der Waals surface area contributed by atoms with Crippen molar-refractivity contribution in [2.75, 3.05) is 19.6 Å². The van der Waals surface area contributed by atoms with E-state index in [0.717, 1.165) is 16.7 Å². The average Bonchev–Trinajstić information content (AvgIpc) is 3.93. The molecule has 0 saturated carbocycles. The van der Waals surface area contributed by atoms with Gasteiger partial charge in [0.05, 0.1) is 48.1 Å². The quantitative estimate of drug-likeness (QED) is 0.0316. The molecule has 1 fully saturated rings. The number of aliphatic hydroxyl groups is 1. The number of cyclic esters (lactones) is 1. The molecule has 1 aliphatic carbocycles. The SMILES string of the molecule is CC[C@@]1(O)C(=O)OCc2c1cc1n(c2=O)Cc2c-1nc1cc(F)cc3c1c2[C@@H](NC(=O)CCCCCC(=O)CNC(=O)[C@@H](CC(=O)CNC(=O)CCC(=O)CCCCCN1C(=O)CC(C)C1=O)Cc1ccccc1)CC3. The lowest BCUT2D eigenvalue weighted by atomic mass is 9.83. The molecule has 3 aliphatic heterocycles. The molecule has 0 bridgehead atoms. The highest BCUT2D eigenvalue weighted by Crippen LogP contribution is 2.45. The highest BCUT2D eigenvalue weighted by atomic mass is 19.1. The van der Waals surface area contributed by atoms with Gasteiger partial charge >= 0.3 is 5.97 Å². The number of carbonyl (C=O) groups is 9. The van der Waals surface area contributed by atoms with E-state index >= 15 is 0 Å². The Morgan fingerprint density at radius 2 is 1.57 bits per heavy atom. The Bertz CT molecular complexity index is 3050. The molecule has 76 heavy (non-hydrogen) atoms. The largest absolute Gasteiger partial charge is 0.458 e. The number of benzene rings is 2. The molecule has 18 nitrogen and oxygen atoms in total. The molecule has 0 spiro atoms. The van der Waals surface area contributed by atoms with Crippen molar-refractivity contribution < 1.29 is 57.4 Å². The minimum absolute atomic E-state index is 0.00271. The highest BCUT2D eigenvalue weighted by Gasteiger charge is 2.46. The van der Waals surface area contributed by atoms with Gasteiger partial charge in [0.2, 0.25) is 29.5 Å². The molecule has 1 saturated heterocycles. The maximum absolute atomic E-state index is 15.0.